The van der Waals surface area contributed by atoms with E-state index in [1.54, 1.807) is 6.26 Å². The topological polar surface area (TPSA) is 34.4 Å². The predicted octanol–water partition coefficient (Wildman–Crippen LogP) is 2.62. The summed E-state index contributed by atoms with van der Waals surface area (Å²) in [6.07, 6.45) is 4.84. The van der Waals surface area contributed by atoms with E-state index in [2.05, 4.69) is 19.2 Å². The molecule has 3 heteroatoms. The third-order valence-corrected chi connectivity index (χ3v) is 2.39. The first-order chi connectivity index (χ1) is 7.83. The Bertz CT molecular complexity index is 246. The monoisotopic (exact) mass is 225 g/mol. The first-order valence-corrected chi connectivity index (χ1v) is 6.16. The highest BCUT2D eigenvalue weighted by Crippen LogP contribution is 2.03. The van der Waals surface area contributed by atoms with Crippen molar-refractivity contribution >= 4 is 0 Å². The molecule has 0 radical (unpaired) electrons. The van der Waals surface area contributed by atoms with E-state index in [0.717, 1.165) is 44.8 Å². The van der Waals surface area contributed by atoms with Gasteiger partial charge in [-0.2, -0.15) is 0 Å². The molecule has 3 nitrogen and oxygen atoms in total. The van der Waals surface area contributed by atoms with Gasteiger partial charge in [0, 0.05) is 25.7 Å². The number of ether oxygens (including phenoxy) is 1. The van der Waals surface area contributed by atoms with Crippen LogP contribution in [0.5, 0.6) is 0 Å². The van der Waals surface area contributed by atoms with Gasteiger partial charge in [0.15, 0.2) is 0 Å². The first-order valence-electron chi connectivity index (χ1n) is 6.16. The highest BCUT2D eigenvalue weighted by atomic mass is 16.5. The maximum absolute atomic E-state index is 5.41. The Morgan fingerprint density at radius 1 is 1.44 bits per heavy atom. The third kappa shape index (κ3) is 5.93. The lowest BCUT2D eigenvalue weighted by Gasteiger charge is -2.12. The minimum atomic E-state index is 0.456. The van der Waals surface area contributed by atoms with Gasteiger partial charge in [-0.3, -0.25) is 0 Å². The zero-order valence-electron chi connectivity index (χ0n) is 10.4. The number of rotatable bonds is 9. The van der Waals surface area contributed by atoms with Gasteiger partial charge < -0.3 is 14.5 Å². The zero-order chi connectivity index (χ0) is 11.6. The molecule has 1 aromatic rings. The van der Waals surface area contributed by atoms with Gasteiger partial charge in [-0.1, -0.05) is 6.92 Å². The lowest BCUT2D eigenvalue weighted by atomic mass is 10.2. The molecular formula is C13H23NO2. The highest BCUT2D eigenvalue weighted by molar-refractivity contribution is 4.99. The second-order valence-corrected chi connectivity index (χ2v) is 4.10. The normalized spacial score (nSPS) is 12.9. The average Bonchev–Trinajstić information content (AvgIpc) is 2.76. The van der Waals surface area contributed by atoms with E-state index >= 15 is 0 Å². The maximum atomic E-state index is 5.41. The van der Waals surface area contributed by atoms with Gasteiger partial charge in [-0.05, 0) is 38.4 Å². The Kier molecular flexibility index (Phi) is 6.93. The highest BCUT2D eigenvalue weighted by Gasteiger charge is 2.04. The van der Waals surface area contributed by atoms with Crippen LogP contribution in [-0.4, -0.2) is 25.8 Å². The molecule has 1 N–H and O–H groups in total. The number of nitrogens with one attached hydrogen (secondary N) is 1. The molecule has 0 amide bonds. The molecular weight excluding hydrogens is 202 g/mol. The molecule has 92 valence electrons. The van der Waals surface area contributed by atoms with E-state index < -0.39 is 0 Å². The summed E-state index contributed by atoms with van der Waals surface area (Å²) in [4.78, 5) is 0. The third-order valence-electron chi connectivity index (χ3n) is 2.39. The van der Waals surface area contributed by atoms with E-state index in [9.17, 15) is 0 Å². The summed E-state index contributed by atoms with van der Waals surface area (Å²) in [5.41, 5.74) is 0. The van der Waals surface area contributed by atoms with E-state index in [-0.39, 0.29) is 0 Å². The van der Waals surface area contributed by atoms with Crippen LogP contribution in [0.2, 0.25) is 0 Å². The smallest absolute Gasteiger partial charge is 0.105 e. The summed E-state index contributed by atoms with van der Waals surface area (Å²) in [5, 5.41) is 3.46. The van der Waals surface area contributed by atoms with Crippen molar-refractivity contribution in [3.8, 4) is 0 Å². The molecule has 1 aromatic heterocycles. The van der Waals surface area contributed by atoms with Crippen LogP contribution in [-0.2, 0) is 11.2 Å². The molecule has 0 spiro atoms. The molecule has 0 aliphatic rings. The van der Waals surface area contributed by atoms with E-state index in [0.29, 0.717) is 6.04 Å². The Morgan fingerprint density at radius 3 is 3.00 bits per heavy atom. The first kappa shape index (κ1) is 13.3. The van der Waals surface area contributed by atoms with Gasteiger partial charge in [0.1, 0.15) is 5.76 Å². The molecule has 0 bridgehead atoms. The standard InChI is InChI=1S/C13H23NO2/c1-3-8-15-9-5-7-14-12(2)11-13-6-4-10-16-13/h4,6,10,12,14H,3,5,7-9,11H2,1-2H3. The number of furan rings is 1. The van der Waals surface area contributed by atoms with Crippen molar-refractivity contribution in [2.45, 2.75) is 39.2 Å². The molecule has 0 aliphatic carbocycles. The molecule has 1 heterocycles. The van der Waals surface area contributed by atoms with E-state index in [4.69, 9.17) is 9.15 Å². The fraction of sp³-hybridized carbons (Fsp3) is 0.692. The lowest BCUT2D eigenvalue weighted by Crippen LogP contribution is -2.29. The van der Waals surface area contributed by atoms with Gasteiger partial charge in [-0.15, -0.1) is 0 Å². The Morgan fingerprint density at radius 2 is 2.31 bits per heavy atom. The Labute approximate surface area is 98.2 Å². The fourth-order valence-electron chi connectivity index (χ4n) is 1.57. The number of hydrogen-bond donors (Lipinski definition) is 1. The molecule has 16 heavy (non-hydrogen) atoms. The van der Waals surface area contributed by atoms with Gasteiger partial charge in [0.05, 0.1) is 6.26 Å². The average molecular weight is 225 g/mol. The Balaban J connectivity index is 1.96. The molecule has 1 atom stereocenters. The summed E-state index contributed by atoms with van der Waals surface area (Å²) in [7, 11) is 0. The fourth-order valence-corrected chi connectivity index (χ4v) is 1.57. The van der Waals surface area contributed by atoms with Crippen LogP contribution in [0.3, 0.4) is 0 Å². The van der Waals surface area contributed by atoms with Crippen molar-refractivity contribution in [1.82, 2.24) is 5.32 Å². The van der Waals surface area contributed by atoms with Gasteiger partial charge >= 0.3 is 0 Å². The van der Waals surface area contributed by atoms with Crippen LogP contribution in [0.1, 0.15) is 32.4 Å². The quantitative estimate of drug-likeness (QED) is 0.656. The van der Waals surface area contributed by atoms with Crippen LogP contribution >= 0.6 is 0 Å². The zero-order valence-corrected chi connectivity index (χ0v) is 10.4. The van der Waals surface area contributed by atoms with Crippen LogP contribution in [0.15, 0.2) is 22.8 Å². The lowest BCUT2D eigenvalue weighted by molar-refractivity contribution is 0.131. The molecule has 0 aromatic carbocycles. The number of hydrogen-bond acceptors (Lipinski definition) is 3. The van der Waals surface area contributed by atoms with Crippen molar-refractivity contribution < 1.29 is 9.15 Å². The molecule has 1 unspecified atom stereocenters. The maximum Gasteiger partial charge on any atom is 0.105 e. The molecule has 0 aliphatic heterocycles. The summed E-state index contributed by atoms with van der Waals surface area (Å²) >= 11 is 0. The second-order valence-electron chi connectivity index (χ2n) is 4.10. The summed E-state index contributed by atoms with van der Waals surface area (Å²) in [6.45, 7) is 7.04. The predicted molar refractivity (Wildman–Crippen MR) is 65.6 cm³/mol. The summed E-state index contributed by atoms with van der Waals surface area (Å²) < 4.78 is 10.7. The minimum absolute atomic E-state index is 0.456. The van der Waals surface area contributed by atoms with Crippen molar-refractivity contribution in [2.75, 3.05) is 19.8 Å². The van der Waals surface area contributed by atoms with E-state index in [1.165, 1.54) is 0 Å². The van der Waals surface area contributed by atoms with Crippen molar-refractivity contribution in [3.63, 3.8) is 0 Å². The SMILES string of the molecule is CCCOCCCNC(C)Cc1ccco1. The van der Waals surface area contributed by atoms with Crippen LogP contribution < -0.4 is 5.32 Å². The minimum Gasteiger partial charge on any atom is -0.469 e. The van der Waals surface area contributed by atoms with Crippen molar-refractivity contribution in [3.05, 3.63) is 24.2 Å². The molecule has 0 saturated heterocycles. The van der Waals surface area contributed by atoms with Gasteiger partial charge in [0.2, 0.25) is 0 Å². The van der Waals surface area contributed by atoms with Crippen molar-refractivity contribution in [1.29, 1.82) is 0 Å². The largest absolute Gasteiger partial charge is 0.469 e. The van der Waals surface area contributed by atoms with E-state index in [1.807, 2.05) is 12.1 Å². The molecule has 0 saturated carbocycles. The second kappa shape index (κ2) is 8.36. The van der Waals surface area contributed by atoms with Crippen LogP contribution in [0.4, 0.5) is 0 Å². The van der Waals surface area contributed by atoms with Crippen LogP contribution in [0.25, 0.3) is 0 Å². The summed E-state index contributed by atoms with van der Waals surface area (Å²) in [6, 6.07) is 4.40. The molecule has 0 fully saturated rings. The van der Waals surface area contributed by atoms with Gasteiger partial charge in [-0.25, -0.2) is 0 Å². The van der Waals surface area contributed by atoms with Crippen LogP contribution in [0, 0.1) is 0 Å². The summed E-state index contributed by atoms with van der Waals surface area (Å²) in [5.74, 6) is 1.04. The Hall–Kier alpha value is -0.800. The molecule has 1 rings (SSSR count). The van der Waals surface area contributed by atoms with Gasteiger partial charge in [0.25, 0.3) is 0 Å². The van der Waals surface area contributed by atoms with Crippen molar-refractivity contribution in [2.24, 2.45) is 0 Å².